The van der Waals surface area contributed by atoms with Crippen LogP contribution in [-0.2, 0) is 16.6 Å². The van der Waals surface area contributed by atoms with Gasteiger partial charge in [-0.3, -0.25) is 0 Å². The molecule has 2 aromatic carbocycles. The summed E-state index contributed by atoms with van der Waals surface area (Å²) in [4.78, 5) is 17.6. The lowest BCUT2D eigenvalue weighted by Crippen LogP contribution is -2.13. The lowest BCUT2D eigenvalue weighted by molar-refractivity contribution is 0.173. The smallest absolute Gasteiger partial charge is 0.269 e. The third kappa shape index (κ3) is 3.96. The van der Waals surface area contributed by atoms with E-state index in [0.717, 1.165) is 9.54 Å². The minimum atomic E-state index is -3.98. The Morgan fingerprint density at radius 2 is 1.86 bits per heavy atom. The minimum Gasteiger partial charge on any atom is -0.454 e. The molecule has 3 aromatic heterocycles. The van der Waals surface area contributed by atoms with Gasteiger partial charge in [0.25, 0.3) is 10.0 Å². The van der Waals surface area contributed by atoms with Crippen molar-refractivity contribution in [1.82, 2.24) is 23.9 Å². The van der Waals surface area contributed by atoms with E-state index in [1.165, 1.54) is 24.5 Å². The molecule has 0 amide bonds. The van der Waals surface area contributed by atoms with E-state index in [1.54, 1.807) is 31.2 Å². The molecule has 3 N–H and O–H groups in total. The molecule has 0 fully saturated rings. The van der Waals surface area contributed by atoms with E-state index in [-0.39, 0.29) is 23.3 Å². The number of aryl methyl sites for hydroxylation is 1. The van der Waals surface area contributed by atoms with Crippen molar-refractivity contribution in [2.45, 2.75) is 18.4 Å². The van der Waals surface area contributed by atoms with E-state index in [1.807, 2.05) is 18.2 Å². The van der Waals surface area contributed by atoms with Gasteiger partial charge in [0.1, 0.15) is 11.6 Å². The fourth-order valence-corrected chi connectivity index (χ4v) is 5.58. The summed E-state index contributed by atoms with van der Waals surface area (Å²) in [5.74, 6) is 2.21. The van der Waals surface area contributed by atoms with Crippen molar-refractivity contribution in [3.8, 4) is 22.8 Å². The molecular weight excluding hydrogens is 494 g/mol. The molecule has 186 valence electrons. The Kier molecular flexibility index (Phi) is 5.37. The van der Waals surface area contributed by atoms with Crippen LogP contribution in [0.3, 0.4) is 0 Å². The van der Waals surface area contributed by atoms with Gasteiger partial charge in [0, 0.05) is 30.1 Å². The van der Waals surface area contributed by atoms with E-state index in [0.29, 0.717) is 46.3 Å². The third-order valence-corrected chi connectivity index (χ3v) is 7.56. The summed E-state index contributed by atoms with van der Waals surface area (Å²) >= 11 is 0. The molecule has 0 spiro atoms. The largest absolute Gasteiger partial charge is 0.454 e. The average molecular weight is 516 g/mol. The monoisotopic (exact) mass is 515 g/mol. The Balaban J connectivity index is 1.54. The van der Waals surface area contributed by atoms with Crippen molar-refractivity contribution in [3.63, 3.8) is 0 Å². The molecule has 5 aromatic rings. The summed E-state index contributed by atoms with van der Waals surface area (Å²) in [5.41, 5.74) is 7.86. The maximum absolute atomic E-state index is 13.7. The predicted molar refractivity (Wildman–Crippen MR) is 137 cm³/mol. The first kappa shape index (κ1) is 22.7. The molecule has 37 heavy (non-hydrogen) atoms. The summed E-state index contributed by atoms with van der Waals surface area (Å²) in [6.45, 7) is 2.21. The summed E-state index contributed by atoms with van der Waals surface area (Å²) in [6, 6.07) is 15.5. The summed E-state index contributed by atoms with van der Waals surface area (Å²) in [6.07, 6.45) is 3.00. The van der Waals surface area contributed by atoms with Gasteiger partial charge in [0.15, 0.2) is 17.1 Å². The minimum absolute atomic E-state index is 0.0591. The van der Waals surface area contributed by atoms with Crippen molar-refractivity contribution < 1.29 is 17.9 Å². The van der Waals surface area contributed by atoms with Crippen molar-refractivity contribution in [3.05, 3.63) is 78.4 Å². The van der Waals surface area contributed by atoms with E-state index in [2.05, 4.69) is 25.3 Å². The number of anilines is 2. The zero-order valence-corrected chi connectivity index (χ0v) is 20.4. The highest BCUT2D eigenvalue weighted by Gasteiger charge is 2.26. The van der Waals surface area contributed by atoms with Crippen LogP contribution in [0.5, 0.6) is 11.5 Å². The number of aromatic nitrogens is 5. The van der Waals surface area contributed by atoms with Gasteiger partial charge in [-0.25, -0.2) is 32.3 Å². The average Bonchev–Trinajstić information content (AvgIpc) is 3.53. The van der Waals surface area contributed by atoms with Crippen molar-refractivity contribution in [2.75, 3.05) is 17.8 Å². The second kappa shape index (κ2) is 8.75. The van der Waals surface area contributed by atoms with Crippen LogP contribution in [0.2, 0.25) is 0 Å². The van der Waals surface area contributed by atoms with Gasteiger partial charge in [-0.15, -0.1) is 0 Å². The molecule has 11 nitrogen and oxygen atoms in total. The molecule has 0 radical (unpaired) electrons. The van der Waals surface area contributed by atoms with Gasteiger partial charge in [0.05, 0.1) is 16.0 Å². The van der Waals surface area contributed by atoms with E-state index >= 15 is 0 Å². The molecular formula is C25H21N7O4S. The Morgan fingerprint density at radius 3 is 2.68 bits per heavy atom. The van der Waals surface area contributed by atoms with Crippen LogP contribution in [0.15, 0.2) is 71.9 Å². The van der Waals surface area contributed by atoms with Crippen LogP contribution in [0.25, 0.3) is 22.3 Å². The van der Waals surface area contributed by atoms with Crippen molar-refractivity contribution in [2.24, 2.45) is 0 Å². The lowest BCUT2D eigenvalue weighted by atomic mass is 10.1. The number of ether oxygens (including phenoxy) is 2. The van der Waals surface area contributed by atoms with Crippen molar-refractivity contribution in [1.29, 1.82) is 0 Å². The van der Waals surface area contributed by atoms with Gasteiger partial charge in [0.2, 0.25) is 12.7 Å². The molecule has 0 bridgehead atoms. The van der Waals surface area contributed by atoms with Gasteiger partial charge >= 0.3 is 0 Å². The first-order valence-electron chi connectivity index (χ1n) is 11.3. The highest BCUT2D eigenvalue weighted by Crippen LogP contribution is 2.38. The number of fused-ring (bicyclic) bond motifs is 2. The number of benzene rings is 2. The Labute approximate surface area is 212 Å². The second-order valence-electron chi connectivity index (χ2n) is 8.28. The molecule has 4 heterocycles. The molecule has 0 atom stereocenters. The molecule has 1 aliphatic rings. The standard InChI is InChI=1S/C25H21N7O4S/c1-15-29-23(28-12-16-6-5-9-20-22(16)36-14-35-20)21-18(19-10-11-27-25(26)31-19)13-32(24(21)30-15)37(33,34)17-7-3-2-4-8-17/h2-11,13H,12,14H2,1H3,(H2,26,27,31)(H,28,29,30). The van der Waals surface area contributed by atoms with Crippen LogP contribution in [-0.4, -0.2) is 39.1 Å². The van der Waals surface area contributed by atoms with Gasteiger partial charge in [-0.05, 0) is 31.2 Å². The maximum atomic E-state index is 13.7. The lowest BCUT2D eigenvalue weighted by Gasteiger charge is -2.12. The Hall–Kier alpha value is -4.71. The predicted octanol–water partition coefficient (Wildman–Crippen LogP) is 3.36. The molecule has 12 heteroatoms. The van der Waals surface area contributed by atoms with Crippen LogP contribution in [0.4, 0.5) is 11.8 Å². The SMILES string of the molecule is Cc1nc(NCc2cccc3c2OCO3)c2c(-c3ccnc(N)n3)cn(S(=O)(=O)c3ccccc3)c2n1. The molecule has 0 aliphatic carbocycles. The number of nitrogens with two attached hydrogens (primary N) is 1. The number of nitrogen functional groups attached to an aromatic ring is 1. The fraction of sp³-hybridized carbons (Fsp3) is 0.120. The molecule has 6 rings (SSSR count). The number of hydrogen-bond donors (Lipinski definition) is 2. The van der Waals surface area contributed by atoms with E-state index in [9.17, 15) is 8.42 Å². The van der Waals surface area contributed by atoms with Gasteiger partial charge in [-0.1, -0.05) is 30.3 Å². The number of para-hydroxylation sites is 1. The summed E-state index contributed by atoms with van der Waals surface area (Å²) < 4.78 is 39.6. The molecule has 1 aliphatic heterocycles. The summed E-state index contributed by atoms with van der Waals surface area (Å²) in [5, 5.41) is 3.81. The topological polar surface area (TPSA) is 147 Å². The number of rotatable bonds is 6. The number of hydrogen-bond acceptors (Lipinski definition) is 10. The van der Waals surface area contributed by atoms with Crippen molar-refractivity contribution >= 4 is 32.8 Å². The third-order valence-electron chi connectivity index (χ3n) is 5.90. The zero-order valence-electron chi connectivity index (χ0n) is 19.6. The van der Waals surface area contributed by atoms with Crippen LogP contribution >= 0.6 is 0 Å². The summed E-state index contributed by atoms with van der Waals surface area (Å²) in [7, 11) is -3.98. The number of nitrogens with zero attached hydrogens (tertiary/aromatic N) is 5. The quantitative estimate of drug-likeness (QED) is 0.345. The van der Waals surface area contributed by atoms with Gasteiger partial charge in [-0.2, -0.15) is 0 Å². The molecule has 0 saturated carbocycles. The molecule has 0 unspecified atom stereocenters. The zero-order chi connectivity index (χ0) is 25.6. The Bertz CT molecular complexity index is 1750. The van der Waals surface area contributed by atoms with Gasteiger partial charge < -0.3 is 20.5 Å². The first-order valence-corrected chi connectivity index (χ1v) is 12.8. The van der Waals surface area contributed by atoms with Crippen LogP contribution < -0.4 is 20.5 Å². The Morgan fingerprint density at radius 1 is 1.03 bits per heavy atom. The molecule has 0 saturated heterocycles. The van der Waals surface area contributed by atoms with E-state index < -0.39 is 10.0 Å². The fourth-order valence-electron chi connectivity index (χ4n) is 4.25. The maximum Gasteiger partial charge on any atom is 0.269 e. The first-order chi connectivity index (χ1) is 17.9. The van der Waals surface area contributed by atoms with Crippen LogP contribution in [0.1, 0.15) is 11.4 Å². The highest BCUT2D eigenvalue weighted by atomic mass is 32.2. The highest BCUT2D eigenvalue weighted by molar-refractivity contribution is 7.90. The second-order valence-corrected chi connectivity index (χ2v) is 10.1. The van der Waals surface area contributed by atoms with Crippen LogP contribution in [0, 0.1) is 6.92 Å². The number of nitrogens with one attached hydrogen (secondary N) is 1. The normalized spacial score (nSPS) is 12.7. The van der Waals surface area contributed by atoms with E-state index in [4.69, 9.17) is 15.2 Å².